The molecule has 0 heterocycles. The molecule has 1 aromatic rings. The summed E-state index contributed by atoms with van der Waals surface area (Å²) < 4.78 is 5.22. The third kappa shape index (κ3) is 3.77. The van der Waals surface area contributed by atoms with E-state index < -0.39 is 5.97 Å². The van der Waals surface area contributed by atoms with Gasteiger partial charge in [-0.15, -0.1) is 0 Å². The Morgan fingerprint density at radius 2 is 2.06 bits per heavy atom. The highest BCUT2D eigenvalue weighted by Crippen LogP contribution is 2.20. The second kappa shape index (κ2) is 5.95. The minimum Gasteiger partial charge on any atom is -0.512 e. The number of allylic oxidation sites excluding steroid dienone is 1. The normalized spacial score (nSPS) is 13.2. The number of aliphatic hydroxyl groups is 1. The molecule has 0 amide bonds. The maximum Gasteiger partial charge on any atom is 0.334 e. The standard InChI is InChI=1S/C13H16O3/c1-3-12(11-7-5-4-6-8-11)16-13(15)9-10(2)14/h4-9,12,14H,3H2,1-2H3/b10-9-. The number of benzene rings is 1. The van der Waals surface area contributed by atoms with E-state index in [1.807, 2.05) is 37.3 Å². The number of hydrogen-bond acceptors (Lipinski definition) is 3. The summed E-state index contributed by atoms with van der Waals surface area (Å²) in [4.78, 5) is 11.3. The summed E-state index contributed by atoms with van der Waals surface area (Å²) >= 11 is 0. The number of carbonyl (C=O) groups is 1. The van der Waals surface area contributed by atoms with E-state index in [4.69, 9.17) is 9.84 Å². The molecule has 0 aromatic heterocycles. The van der Waals surface area contributed by atoms with Gasteiger partial charge in [0, 0.05) is 0 Å². The lowest BCUT2D eigenvalue weighted by atomic mass is 10.1. The van der Waals surface area contributed by atoms with Crippen LogP contribution in [0.5, 0.6) is 0 Å². The molecule has 0 saturated carbocycles. The van der Waals surface area contributed by atoms with Gasteiger partial charge in [0.25, 0.3) is 0 Å². The summed E-state index contributed by atoms with van der Waals surface area (Å²) in [5, 5.41) is 8.94. The van der Waals surface area contributed by atoms with E-state index in [0.29, 0.717) is 6.42 Å². The van der Waals surface area contributed by atoms with Crippen molar-refractivity contribution >= 4 is 5.97 Å². The van der Waals surface area contributed by atoms with Crippen LogP contribution in [0, 0.1) is 0 Å². The smallest absolute Gasteiger partial charge is 0.334 e. The van der Waals surface area contributed by atoms with Crippen LogP contribution in [0.1, 0.15) is 31.9 Å². The largest absolute Gasteiger partial charge is 0.512 e. The minimum atomic E-state index is -0.518. The lowest BCUT2D eigenvalue weighted by Gasteiger charge is -2.15. The molecule has 1 rings (SSSR count). The predicted octanol–water partition coefficient (Wildman–Crippen LogP) is 3.14. The zero-order valence-corrected chi connectivity index (χ0v) is 9.51. The molecule has 1 N–H and O–H groups in total. The first-order chi connectivity index (χ1) is 7.63. The van der Waals surface area contributed by atoms with Gasteiger partial charge in [-0.25, -0.2) is 4.79 Å². The van der Waals surface area contributed by atoms with Crippen molar-refractivity contribution in [2.75, 3.05) is 0 Å². The lowest BCUT2D eigenvalue weighted by Crippen LogP contribution is -2.09. The van der Waals surface area contributed by atoms with Gasteiger partial charge < -0.3 is 9.84 Å². The fourth-order valence-electron chi connectivity index (χ4n) is 1.40. The van der Waals surface area contributed by atoms with Crippen molar-refractivity contribution in [3.8, 4) is 0 Å². The maximum atomic E-state index is 11.3. The molecule has 86 valence electrons. The highest BCUT2D eigenvalue weighted by atomic mass is 16.5. The molecule has 3 heteroatoms. The van der Waals surface area contributed by atoms with Crippen LogP contribution in [0.3, 0.4) is 0 Å². The van der Waals surface area contributed by atoms with Crippen molar-refractivity contribution in [3.63, 3.8) is 0 Å². The van der Waals surface area contributed by atoms with Crippen LogP contribution in [-0.2, 0) is 9.53 Å². The van der Waals surface area contributed by atoms with Crippen LogP contribution in [-0.4, -0.2) is 11.1 Å². The lowest BCUT2D eigenvalue weighted by molar-refractivity contribution is -0.143. The highest BCUT2D eigenvalue weighted by Gasteiger charge is 2.12. The first-order valence-corrected chi connectivity index (χ1v) is 5.26. The molecule has 1 aromatic carbocycles. The summed E-state index contributed by atoms with van der Waals surface area (Å²) in [7, 11) is 0. The van der Waals surface area contributed by atoms with Crippen LogP contribution in [0.25, 0.3) is 0 Å². The summed E-state index contributed by atoms with van der Waals surface area (Å²) in [5.41, 5.74) is 0.961. The number of esters is 1. The molecule has 1 unspecified atom stereocenters. The fourth-order valence-corrected chi connectivity index (χ4v) is 1.40. The van der Waals surface area contributed by atoms with E-state index in [0.717, 1.165) is 11.6 Å². The molecule has 0 aliphatic heterocycles. The second-order valence-corrected chi connectivity index (χ2v) is 3.53. The van der Waals surface area contributed by atoms with Crippen LogP contribution in [0.15, 0.2) is 42.2 Å². The third-order valence-corrected chi connectivity index (χ3v) is 2.13. The van der Waals surface area contributed by atoms with E-state index in [9.17, 15) is 4.79 Å². The molecular weight excluding hydrogens is 204 g/mol. The molecular formula is C13H16O3. The van der Waals surface area contributed by atoms with Gasteiger partial charge in [0.2, 0.25) is 0 Å². The Morgan fingerprint density at radius 3 is 2.56 bits per heavy atom. The molecule has 3 nitrogen and oxygen atoms in total. The summed E-state index contributed by atoms with van der Waals surface area (Å²) in [6.07, 6.45) is 1.52. The molecule has 0 aliphatic carbocycles. The van der Waals surface area contributed by atoms with Gasteiger partial charge in [-0.1, -0.05) is 37.3 Å². The predicted molar refractivity (Wildman–Crippen MR) is 62.0 cm³/mol. The molecule has 1 atom stereocenters. The van der Waals surface area contributed by atoms with Crippen LogP contribution in [0.2, 0.25) is 0 Å². The average molecular weight is 220 g/mol. The van der Waals surface area contributed by atoms with Crippen LogP contribution in [0.4, 0.5) is 0 Å². The van der Waals surface area contributed by atoms with Crippen molar-refractivity contribution in [1.82, 2.24) is 0 Å². The summed E-state index contributed by atoms with van der Waals surface area (Å²) in [6.45, 7) is 3.38. The van der Waals surface area contributed by atoms with Gasteiger partial charge in [-0.2, -0.15) is 0 Å². The van der Waals surface area contributed by atoms with Crippen molar-refractivity contribution < 1.29 is 14.6 Å². The molecule has 0 spiro atoms. The van der Waals surface area contributed by atoms with Crippen molar-refractivity contribution in [2.45, 2.75) is 26.4 Å². The zero-order valence-electron chi connectivity index (χ0n) is 9.51. The SMILES string of the molecule is CCC(OC(=O)/C=C(/C)O)c1ccccc1. The van der Waals surface area contributed by atoms with Crippen molar-refractivity contribution in [1.29, 1.82) is 0 Å². The van der Waals surface area contributed by atoms with E-state index in [1.54, 1.807) is 0 Å². The molecule has 0 radical (unpaired) electrons. The fraction of sp³-hybridized carbons (Fsp3) is 0.308. The molecule has 0 saturated heterocycles. The zero-order chi connectivity index (χ0) is 12.0. The van der Waals surface area contributed by atoms with Crippen LogP contribution >= 0.6 is 0 Å². The summed E-state index contributed by atoms with van der Waals surface area (Å²) in [5.74, 6) is -0.566. The Bertz CT molecular complexity index is 364. The van der Waals surface area contributed by atoms with Gasteiger partial charge in [-0.3, -0.25) is 0 Å². The maximum absolute atomic E-state index is 11.3. The van der Waals surface area contributed by atoms with Gasteiger partial charge >= 0.3 is 5.97 Å². The minimum absolute atomic E-state index is 0.0482. The Balaban J connectivity index is 2.70. The van der Waals surface area contributed by atoms with Crippen LogP contribution < -0.4 is 0 Å². The molecule has 16 heavy (non-hydrogen) atoms. The number of rotatable bonds is 4. The number of aliphatic hydroxyl groups excluding tert-OH is 1. The van der Waals surface area contributed by atoms with Gasteiger partial charge in [-0.05, 0) is 18.9 Å². The quantitative estimate of drug-likeness (QED) is 0.481. The van der Waals surface area contributed by atoms with E-state index in [1.165, 1.54) is 6.92 Å². The first-order valence-electron chi connectivity index (χ1n) is 5.26. The van der Waals surface area contributed by atoms with E-state index >= 15 is 0 Å². The van der Waals surface area contributed by atoms with E-state index in [-0.39, 0.29) is 11.9 Å². The number of hydrogen-bond donors (Lipinski definition) is 1. The van der Waals surface area contributed by atoms with Crippen molar-refractivity contribution in [2.24, 2.45) is 0 Å². The Kier molecular flexibility index (Phi) is 4.58. The molecule has 0 bridgehead atoms. The Morgan fingerprint density at radius 1 is 1.44 bits per heavy atom. The topological polar surface area (TPSA) is 46.5 Å². The number of ether oxygens (including phenoxy) is 1. The molecule has 0 fully saturated rings. The highest BCUT2D eigenvalue weighted by molar-refractivity contribution is 5.82. The van der Waals surface area contributed by atoms with E-state index in [2.05, 4.69) is 0 Å². The Hall–Kier alpha value is -1.77. The first kappa shape index (κ1) is 12.3. The Labute approximate surface area is 95.4 Å². The monoisotopic (exact) mass is 220 g/mol. The average Bonchev–Trinajstić information content (AvgIpc) is 2.26. The van der Waals surface area contributed by atoms with Gasteiger partial charge in [0.15, 0.2) is 0 Å². The number of carbonyl (C=O) groups excluding carboxylic acids is 1. The van der Waals surface area contributed by atoms with Gasteiger partial charge in [0.1, 0.15) is 6.10 Å². The second-order valence-electron chi connectivity index (χ2n) is 3.53. The third-order valence-electron chi connectivity index (χ3n) is 2.13. The van der Waals surface area contributed by atoms with Gasteiger partial charge in [0.05, 0.1) is 11.8 Å². The summed E-state index contributed by atoms with van der Waals surface area (Å²) in [6, 6.07) is 9.54. The van der Waals surface area contributed by atoms with Crippen molar-refractivity contribution in [3.05, 3.63) is 47.7 Å². The molecule has 0 aliphatic rings.